The van der Waals surface area contributed by atoms with Crippen molar-refractivity contribution < 1.29 is 9.53 Å². The molecule has 0 aliphatic carbocycles. The zero-order chi connectivity index (χ0) is 19.7. The van der Waals surface area contributed by atoms with Gasteiger partial charge in [0.15, 0.2) is 17.0 Å². The number of carbonyl (C=O) groups is 1. The van der Waals surface area contributed by atoms with Crippen LogP contribution in [-0.2, 0) is 16.1 Å². The summed E-state index contributed by atoms with van der Waals surface area (Å²) >= 11 is 0. The monoisotopic (exact) mass is 382 g/mol. The van der Waals surface area contributed by atoms with Crippen molar-refractivity contribution in [1.82, 2.24) is 34.8 Å². The van der Waals surface area contributed by atoms with Crippen LogP contribution in [0.3, 0.4) is 0 Å². The number of nitrogens with zero attached hydrogens (tertiary/aromatic N) is 6. The molecular formula is C18H22N8O2. The van der Waals surface area contributed by atoms with Crippen molar-refractivity contribution in [3.63, 3.8) is 0 Å². The number of aromatic nitrogens is 6. The molecule has 28 heavy (non-hydrogen) atoms. The number of anilines is 1. The van der Waals surface area contributed by atoms with Gasteiger partial charge in [0, 0.05) is 31.5 Å². The van der Waals surface area contributed by atoms with Crippen molar-refractivity contribution >= 4 is 23.0 Å². The molecule has 4 rings (SSSR count). The minimum Gasteiger partial charge on any atom is -0.468 e. The molecule has 1 fully saturated rings. The van der Waals surface area contributed by atoms with Crippen molar-refractivity contribution in [2.75, 3.05) is 19.0 Å². The molecule has 2 unspecified atom stereocenters. The molecule has 0 radical (unpaired) electrons. The van der Waals surface area contributed by atoms with Gasteiger partial charge in [-0.3, -0.25) is 4.79 Å². The van der Waals surface area contributed by atoms with Gasteiger partial charge in [0.1, 0.15) is 24.0 Å². The molecule has 2 atom stereocenters. The highest BCUT2D eigenvalue weighted by Gasteiger charge is 2.31. The van der Waals surface area contributed by atoms with Crippen molar-refractivity contribution in [3.8, 4) is 11.4 Å². The van der Waals surface area contributed by atoms with Crippen LogP contribution < -0.4 is 10.6 Å². The predicted octanol–water partition coefficient (Wildman–Crippen LogP) is 0.927. The first-order valence-corrected chi connectivity index (χ1v) is 9.18. The topological polar surface area (TPSA) is 120 Å². The number of esters is 1. The number of ether oxygens (including phenoxy) is 1. The maximum Gasteiger partial charge on any atom is 0.322 e. The molecule has 0 saturated carbocycles. The zero-order valence-corrected chi connectivity index (χ0v) is 16.0. The Morgan fingerprint density at radius 1 is 1.32 bits per heavy atom. The van der Waals surface area contributed by atoms with Crippen LogP contribution in [0.25, 0.3) is 22.6 Å². The third-order valence-corrected chi connectivity index (χ3v) is 4.84. The average molecular weight is 382 g/mol. The first-order chi connectivity index (χ1) is 13.6. The van der Waals surface area contributed by atoms with E-state index in [1.165, 1.54) is 13.4 Å². The van der Waals surface area contributed by atoms with E-state index in [1.807, 2.05) is 18.4 Å². The Balaban J connectivity index is 1.67. The van der Waals surface area contributed by atoms with E-state index >= 15 is 0 Å². The maximum absolute atomic E-state index is 11.7. The average Bonchev–Trinajstić information content (AvgIpc) is 3.33. The van der Waals surface area contributed by atoms with E-state index in [2.05, 4.69) is 30.6 Å². The maximum atomic E-state index is 11.7. The van der Waals surface area contributed by atoms with Gasteiger partial charge < -0.3 is 19.9 Å². The second-order valence-electron chi connectivity index (χ2n) is 6.65. The van der Waals surface area contributed by atoms with Crippen LogP contribution >= 0.6 is 0 Å². The lowest BCUT2D eigenvalue weighted by Crippen LogP contribution is -2.31. The third-order valence-electron chi connectivity index (χ3n) is 4.84. The van der Waals surface area contributed by atoms with Gasteiger partial charge in [0.2, 0.25) is 0 Å². The second-order valence-corrected chi connectivity index (χ2v) is 6.65. The first-order valence-electron chi connectivity index (χ1n) is 9.18. The molecule has 3 aromatic rings. The van der Waals surface area contributed by atoms with Crippen molar-refractivity contribution in [1.29, 1.82) is 0 Å². The second kappa shape index (κ2) is 7.47. The quantitative estimate of drug-likeness (QED) is 0.621. The highest BCUT2D eigenvalue weighted by atomic mass is 16.5. The summed E-state index contributed by atoms with van der Waals surface area (Å²) in [7, 11) is 1.40. The van der Waals surface area contributed by atoms with Gasteiger partial charge in [-0.25, -0.2) is 24.9 Å². The lowest BCUT2D eigenvalue weighted by atomic mass is 10.2. The predicted molar refractivity (Wildman–Crippen MR) is 103 cm³/mol. The van der Waals surface area contributed by atoms with Crippen molar-refractivity contribution in [3.05, 3.63) is 24.5 Å². The molecular weight excluding hydrogens is 360 g/mol. The van der Waals surface area contributed by atoms with E-state index in [1.54, 1.807) is 12.4 Å². The highest BCUT2D eigenvalue weighted by molar-refractivity contribution is 5.86. The van der Waals surface area contributed by atoms with Crippen LogP contribution in [0, 0.1) is 6.92 Å². The Morgan fingerprint density at radius 2 is 2.11 bits per heavy atom. The molecule has 10 nitrogen and oxygen atoms in total. The van der Waals surface area contributed by atoms with Crippen LogP contribution in [0.5, 0.6) is 0 Å². The van der Waals surface area contributed by atoms with Crippen LogP contribution in [0.15, 0.2) is 18.7 Å². The summed E-state index contributed by atoms with van der Waals surface area (Å²) in [4.78, 5) is 33.9. The molecule has 2 N–H and O–H groups in total. The number of hydrogen-bond donors (Lipinski definition) is 2. The molecule has 1 aliphatic heterocycles. The Hall–Kier alpha value is -3.14. The number of imidazole rings is 1. The Bertz CT molecular complexity index is 1000. The van der Waals surface area contributed by atoms with Gasteiger partial charge in [-0.15, -0.1) is 0 Å². The first kappa shape index (κ1) is 18.2. The number of nitrogens with one attached hydrogen (secondary N) is 2. The Labute approximate surface area is 161 Å². The van der Waals surface area contributed by atoms with Crippen LogP contribution in [0.1, 0.15) is 19.2 Å². The van der Waals surface area contributed by atoms with Gasteiger partial charge in [0.25, 0.3) is 0 Å². The van der Waals surface area contributed by atoms with E-state index in [0.29, 0.717) is 36.7 Å². The fraction of sp³-hybridized carbons (Fsp3) is 0.444. The van der Waals surface area contributed by atoms with E-state index in [-0.39, 0.29) is 18.1 Å². The van der Waals surface area contributed by atoms with Crippen LogP contribution in [0.4, 0.5) is 5.82 Å². The van der Waals surface area contributed by atoms with Gasteiger partial charge in [-0.1, -0.05) is 0 Å². The molecule has 0 spiro atoms. The minimum atomic E-state index is -0.312. The summed E-state index contributed by atoms with van der Waals surface area (Å²) < 4.78 is 6.83. The highest BCUT2D eigenvalue weighted by Crippen LogP contribution is 2.27. The summed E-state index contributed by atoms with van der Waals surface area (Å²) in [6.45, 7) is 5.22. The minimum absolute atomic E-state index is 0.0418. The summed E-state index contributed by atoms with van der Waals surface area (Å²) in [6.07, 6.45) is 5.66. The Kier molecular flexibility index (Phi) is 4.86. The lowest BCUT2D eigenvalue weighted by molar-refractivity contribution is -0.142. The number of rotatable bonds is 5. The van der Waals surface area contributed by atoms with E-state index in [4.69, 9.17) is 9.72 Å². The van der Waals surface area contributed by atoms with Gasteiger partial charge >= 0.3 is 5.97 Å². The SMILES string of the molecule is CCn1c(-c2cnc(C)nc2)nc2c(NC3CNC(C(=O)OC)C3)ncnc21. The number of fused-ring (bicyclic) bond motifs is 1. The summed E-state index contributed by atoms with van der Waals surface area (Å²) in [5.74, 6) is 1.84. The van der Waals surface area contributed by atoms with Gasteiger partial charge in [-0.2, -0.15) is 0 Å². The van der Waals surface area contributed by atoms with Gasteiger partial charge in [-0.05, 0) is 20.3 Å². The van der Waals surface area contributed by atoms with Crippen LogP contribution in [0.2, 0.25) is 0 Å². The lowest BCUT2D eigenvalue weighted by Gasteiger charge is -2.12. The van der Waals surface area contributed by atoms with Crippen molar-refractivity contribution in [2.24, 2.45) is 0 Å². The molecule has 4 heterocycles. The van der Waals surface area contributed by atoms with Crippen molar-refractivity contribution in [2.45, 2.75) is 38.9 Å². The fourth-order valence-electron chi connectivity index (χ4n) is 3.43. The smallest absolute Gasteiger partial charge is 0.322 e. The zero-order valence-electron chi connectivity index (χ0n) is 16.0. The van der Waals surface area contributed by atoms with E-state index in [9.17, 15) is 4.79 Å². The number of hydrogen-bond acceptors (Lipinski definition) is 9. The fourth-order valence-corrected chi connectivity index (χ4v) is 3.43. The molecule has 146 valence electrons. The number of carbonyl (C=O) groups excluding carboxylic acids is 1. The molecule has 10 heteroatoms. The molecule has 3 aromatic heterocycles. The number of methoxy groups -OCH3 is 1. The number of aryl methyl sites for hydroxylation is 2. The van der Waals surface area contributed by atoms with Gasteiger partial charge in [0.05, 0.1) is 12.7 Å². The molecule has 1 aliphatic rings. The standard InChI is InChI=1S/C18H22N8O2/c1-4-26-16(11-6-19-10(2)20-7-11)25-14-15(22-9-23-17(14)26)24-12-5-13(21-8-12)18(27)28-3/h6-7,9,12-13,21H,4-5,8H2,1-3H3,(H,22,23,24). The van der Waals surface area contributed by atoms with E-state index < -0.39 is 0 Å². The largest absolute Gasteiger partial charge is 0.468 e. The molecule has 0 bridgehead atoms. The van der Waals surface area contributed by atoms with E-state index in [0.717, 1.165) is 17.0 Å². The summed E-state index contributed by atoms with van der Waals surface area (Å²) in [5.41, 5.74) is 2.25. The molecule has 0 amide bonds. The molecule has 1 saturated heterocycles. The summed E-state index contributed by atoms with van der Waals surface area (Å²) in [6, 6.07) is -0.270. The molecule has 0 aromatic carbocycles. The third kappa shape index (κ3) is 3.26. The summed E-state index contributed by atoms with van der Waals surface area (Å²) in [5, 5.41) is 6.55. The normalized spacial score (nSPS) is 19.1. The Morgan fingerprint density at radius 3 is 2.82 bits per heavy atom. The van der Waals surface area contributed by atoms with Crippen LogP contribution in [-0.4, -0.2) is 61.2 Å².